The maximum absolute atomic E-state index is 12.0. The zero-order chi connectivity index (χ0) is 15.6. The van der Waals surface area contributed by atoms with E-state index in [1.165, 1.54) is 0 Å². The van der Waals surface area contributed by atoms with Crippen molar-refractivity contribution in [2.45, 2.75) is 45.4 Å². The summed E-state index contributed by atoms with van der Waals surface area (Å²) in [5.41, 5.74) is 0.237. The second-order valence-corrected chi connectivity index (χ2v) is 8.24. The molecule has 0 unspecified atom stereocenters. The van der Waals surface area contributed by atoms with Gasteiger partial charge < -0.3 is 5.32 Å². The van der Waals surface area contributed by atoms with Crippen molar-refractivity contribution in [3.05, 3.63) is 11.4 Å². The van der Waals surface area contributed by atoms with Gasteiger partial charge in [0.1, 0.15) is 4.90 Å². The summed E-state index contributed by atoms with van der Waals surface area (Å²) in [7, 11) is 1.36. The molecule has 0 bridgehead atoms. The largest absolute Gasteiger partial charge is 0.351 e. The number of hydrogen-bond donors (Lipinski definition) is 2. The second-order valence-electron chi connectivity index (χ2n) is 5.74. The normalized spacial score (nSPS) is 12.4. The maximum atomic E-state index is 12.0. The Morgan fingerprint density at radius 1 is 1.40 bits per heavy atom. The number of carbonyl (C=O) groups is 1. The van der Waals surface area contributed by atoms with E-state index in [0.717, 1.165) is 6.42 Å². The van der Waals surface area contributed by atoms with Crippen molar-refractivity contribution in [1.29, 1.82) is 0 Å². The van der Waals surface area contributed by atoms with E-state index in [1.807, 2.05) is 0 Å². The SMILES string of the molecule is CCc1[nH]nc(C(=O)NCCC(C)(C)C)c1S(=O)(=O)Cl. The van der Waals surface area contributed by atoms with Crippen LogP contribution in [-0.4, -0.2) is 31.1 Å². The number of aromatic nitrogens is 2. The zero-order valence-corrected chi connectivity index (χ0v) is 13.7. The van der Waals surface area contributed by atoms with E-state index >= 15 is 0 Å². The molecule has 0 spiro atoms. The molecule has 1 rings (SSSR count). The van der Waals surface area contributed by atoms with Crippen LogP contribution in [0.1, 0.15) is 50.3 Å². The topological polar surface area (TPSA) is 91.9 Å². The molecule has 0 saturated heterocycles. The summed E-state index contributed by atoms with van der Waals surface area (Å²) >= 11 is 0. The van der Waals surface area contributed by atoms with Gasteiger partial charge in [-0.2, -0.15) is 5.10 Å². The lowest BCUT2D eigenvalue weighted by atomic mass is 9.92. The number of nitrogens with zero attached hydrogens (tertiary/aromatic N) is 1. The summed E-state index contributed by atoms with van der Waals surface area (Å²) in [6.45, 7) is 8.35. The van der Waals surface area contributed by atoms with Crippen LogP contribution in [0.4, 0.5) is 0 Å². The fourth-order valence-corrected chi connectivity index (χ4v) is 3.01. The Hall–Kier alpha value is -1.08. The Labute approximate surface area is 123 Å². The molecule has 1 aromatic heterocycles. The number of aromatic amines is 1. The van der Waals surface area contributed by atoms with E-state index < -0.39 is 15.0 Å². The van der Waals surface area contributed by atoms with Gasteiger partial charge in [0.15, 0.2) is 5.69 Å². The zero-order valence-electron chi connectivity index (χ0n) is 12.1. The van der Waals surface area contributed by atoms with Crippen molar-refractivity contribution in [3.8, 4) is 0 Å². The molecule has 0 fully saturated rings. The molecule has 0 aromatic carbocycles. The van der Waals surface area contributed by atoms with Crippen LogP contribution in [0.25, 0.3) is 0 Å². The molecule has 0 aliphatic rings. The van der Waals surface area contributed by atoms with Crippen LogP contribution in [0.15, 0.2) is 4.90 Å². The van der Waals surface area contributed by atoms with Crippen molar-refractivity contribution in [2.75, 3.05) is 6.54 Å². The van der Waals surface area contributed by atoms with E-state index in [0.29, 0.717) is 18.7 Å². The molecular weight excluding hydrogens is 302 g/mol. The summed E-state index contributed by atoms with van der Waals surface area (Å²) < 4.78 is 23.1. The number of halogens is 1. The molecule has 0 atom stereocenters. The van der Waals surface area contributed by atoms with Gasteiger partial charge >= 0.3 is 0 Å². The number of rotatable bonds is 5. The number of carbonyl (C=O) groups excluding carboxylic acids is 1. The molecule has 20 heavy (non-hydrogen) atoms. The Morgan fingerprint density at radius 3 is 2.45 bits per heavy atom. The van der Waals surface area contributed by atoms with Crippen molar-refractivity contribution in [2.24, 2.45) is 5.41 Å². The van der Waals surface area contributed by atoms with E-state index in [9.17, 15) is 13.2 Å². The third-order valence-electron chi connectivity index (χ3n) is 2.76. The summed E-state index contributed by atoms with van der Waals surface area (Å²) in [6.07, 6.45) is 1.16. The molecule has 1 amide bonds. The Balaban J connectivity index is 2.92. The van der Waals surface area contributed by atoms with Crippen LogP contribution < -0.4 is 5.32 Å². The van der Waals surface area contributed by atoms with Crippen LogP contribution in [0.5, 0.6) is 0 Å². The minimum atomic E-state index is -4.01. The van der Waals surface area contributed by atoms with Crippen molar-refractivity contribution < 1.29 is 13.2 Å². The highest BCUT2D eigenvalue weighted by Crippen LogP contribution is 2.23. The lowest BCUT2D eigenvalue weighted by molar-refractivity contribution is 0.0941. The molecule has 0 radical (unpaired) electrons. The number of nitrogens with one attached hydrogen (secondary N) is 2. The van der Waals surface area contributed by atoms with Crippen LogP contribution in [0.2, 0.25) is 0 Å². The number of H-pyrrole nitrogens is 1. The van der Waals surface area contributed by atoms with E-state index in [4.69, 9.17) is 10.7 Å². The van der Waals surface area contributed by atoms with Gasteiger partial charge in [0, 0.05) is 17.2 Å². The number of aryl methyl sites for hydroxylation is 1. The third kappa shape index (κ3) is 4.49. The van der Waals surface area contributed by atoms with Crippen LogP contribution in [0.3, 0.4) is 0 Å². The van der Waals surface area contributed by atoms with E-state index in [2.05, 4.69) is 36.3 Å². The molecule has 1 aromatic rings. The molecule has 6 nitrogen and oxygen atoms in total. The van der Waals surface area contributed by atoms with E-state index in [1.54, 1.807) is 6.92 Å². The molecule has 0 aliphatic carbocycles. The summed E-state index contributed by atoms with van der Waals surface area (Å²) in [5.74, 6) is -0.538. The highest BCUT2D eigenvalue weighted by Gasteiger charge is 2.27. The van der Waals surface area contributed by atoms with Crippen LogP contribution in [-0.2, 0) is 15.5 Å². The first-order valence-corrected chi connectivity index (χ1v) is 8.67. The molecule has 2 N–H and O–H groups in total. The lowest BCUT2D eigenvalue weighted by Crippen LogP contribution is -2.28. The Bertz CT molecular complexity index is 588. The quantitative estimate of drug-likeness (QED) is 0.812. The predicted octanol–water partition coefficient (Wildman–Crippen LogP) is 2.07. The van der Waals surface area contributed by atoms with Gasteiger partial charge in [-0.1, -0.05) is 27.7 Å². The van der Waals surface area contributed by atoms with Gasteiger partial charge in [-0.15, -0.1) is 0 Å². The van der Waals surface area contributed by atoms with Crippen molar-refractivity contribution >= 4 is 25.6 Å². The first-order chi connectivity index (χ1) is 9.06. The van der Waals surface area contributed by atoms with Gasteiger partial charge in [0.2, 0.25) is 0 Å². The monoisotopic (exact) mass is 321 g/mol. The summed E-state index contributed by atoms with van der Waals surface area (Å²) in [5, 5.41) is 8.97. The third-order valence-corrected chi connectivity index (χ3v) is 4.16. The Morgan fingerprint density at radius 2 is 2.00 bits per heavy atom. The lowest BCUT2D eigenvalue weighted by Gasteiger charge is -2.17. The van der Waals surface area contributed by atoms with Crippen LogP contribution >= 0.6 is 10.7 Å². The highest BCUT2D eigenvalue weighted by molar-refractivity contribution is 8.13. The standard InChI is InChI=1S/C12H20ClN3O3S/c1-5-8-10(20(13,18)19)9(16-15-8)11(17)14-7-6-12(2,3)4/h5-7H2,1-4H3,(H,14,17)(H,15,16). The molecule has 8 heteroatoms. The second kappa shape index (κ2) is 6.13. The highest BCUT2D eigenvalue weighted by atomic mass is 35.7. The fourth-order valence-electron chi connectivity index (χ4n) is 1.66. The molecular formula is C12H20ClN3O3S. The predicted molar refractivity (Wildman–Crippen MR) is 77.4 cm³/mol. The smallest absolute Gasteiger partial charge is 0.273 e. The average molecular weight is 322 g/mol. The van der Waals surface area contributed by atoms with Gasteiger partial charge in [-0.25, -0.2) is 8.42 Å². The van der Waals surface area contributed by atoms with Crippen LogP contribution in [0, 0.1) is 5.41 Å². The van der Waals surface area contributed by atoms with Gasteiger partial charge in [0.25, 0.3) is 15.0 Å². The molecule has 0 saturated carbocycles. The number of hydrogen-bond acceptors (Lipinski definition) is 4. The molecule has 0 aliphatic heterocycles. The first-order valence-electron chi connectivity index (χ1n) is 6.36. The Kier molecular flexibility index (Phi) is 5.21. The van der Waals surface area contributed by atoms with Gasteiger partial charge in [-0.05, 0) is 18.3 Å². The number of amides is 1. The van der Waals surface area contributed by atoms with Gasteiger partial charge in [0.05, 0.1) is 5.69 Å². The van der Waals surface area contributed by atoms with Crippen molar-refractivity contribution in [3.63, 3.8) is 0 Å². The molecule has 1 heterocycles. The first kappa shape index (κ1) is 17.0. The minimum Gasteiger partial charge on any atom is -0.351 e. The fraction of sp³-hybridized carbons (Fsp3) is 0.667. The van der Waals surface area contributed by atoms with Gasteiger partial charge in [-0.3, -0.25) is 9.89 Å². The molecule has 114 valence electrons. The van der Waals surface area contributed by atoms with Crippen molar-refractivity contribution in [1.82, 2.24) is 15.5 Å². The maximum Gasteiger partial charge on any atom is 0.273 e. The minimum absolute atomic E-state index is 0.0782. The average Bonchev–Trinajstić information content (AvgIpc) is 2.70. The summed E-state index contributed by atoms with van der Waals surface area (Å²) in [4.78, 5) is 11.8. The summed E-state index contributed by atoms with van der Waals surface area (Å²) in [6, 6.07) is 0. The van der Waals surface area contributed by atoms with E-state index in [-0.39, 0.29) is 16.0 Å².